The highest BCUT2D eigenvalue weighted by Gasteiger charge is 2.09. The lowest BCUT2D eigenvalue weighted by molar-refractivity contribution is 0.0600. The molecule has 0 saturated carbocycles. The number of aromatic nitrogens is 1. The molecule has 2 aromatic rings. The van der Waals surface area contributed by atoms with Crippen molar-refractivity contribution >= 4 is 11.8 Å². The summed E-state index contributed by atoms with van der Waals surface area (Å²) >= 11 is 0. The van der Waals surface area contributed by atoms with Crippen molar-refractivity contribution in [2.45, 2.75) is 12.8 Å². The monoisotopic (exact) mass is 269 g/mol. The van der Waals surface area contributed by atoms with Crippen LogP contribution in [0.5, 0.6) is 0 Å². The predicted octanol–water partition coefficient (Wildman–Crippen LogP) is 2.68. The Morgan fingerprint density at radius 3 is 2.35 bits per heavy atom. The fourth-order valence-electron chi connectivity index (χ4n) is 1.84. The number of ketones is 1. The summed E-state index contributed by atoms with van der Waals surface area (Å²) in [6.07, 6.45) is 2.72. The van der Waals surface area contributed by atoms with Crippen LogP contribution in [0.2, 0.25) is 0 Å². The molecule has 0 aliphatic rings. The van der Waals surface area contributed by atoms with E-state index in [4.69, 9.17) is 0 Å². The van der Waals surface area contributed by atoms with Crippen molar-refractivity contribution in [1.82, 2.24) is 4.98 Å². The van der Waals surface area contributed by atoms with Gasteiger partial charge in [-0.3, -0.25) is 9.78 Å². The predicted molar refractivity (Wildman–Crippen MR) is 74.7 cm³/mol. The van der Waals surface area contributed by atoms with Crippen molar-refractivity contribution in [3.63, 3.8) is 0 Å². The largest absolute Gasteiger partial charge is 0.465 e. The van der Waals surface area contributed by atoms with Gasteiger partial charge in [-0.25, -0.2) is 4.79 Å². The van der Waals surface area contributed by atoms with Gasteiger partial charge in [-0.2, -0.15) is 0 Å². The summed E-state index contributed by atoms with van der Waals surface area (Å²) in [5, 5.41) is 0. The van der Waals surface area contributed by atoms with E-state index in [1.165, 1.54) is 7.11 Å². The minimum atomic E-state index is -0.405. The first kappa shape index (κ1) is 13.9. The average molecular weight is 269 g/mol. The van der Waals surface area contributed by atoms with Crippen LogP contribution in [0, 0.1) is 0 Å². The number of benzene rings is 1. The Morgan fingerprint density at radius 2 is 1.75 bits per heavy atom. The molecule has 0 aliphatic heterocycles. The van der Waals surface area contributed by atoms with Crippen LogP contribution in [0.1, 0.15) is 32.8 Å². The molecule has 4 heteroatoms. The first-order valence-electron chi connectivity index (χ1n) is 6.32. The van der Waals surface area contributed by atoms with Crippen molar-refractivity contribution in [3.05, 3.63) is 65.5 Å². The van der Waals surface area contributed by atoms with Gasteiger partial charge in [-0.15, -0.1) is 0 Å². The molecule has 0 unspecified atom stereocenters. The van der Waals surface area contributed by atoms with E-state index < -0.39 is 5.97 Å². The van der Waals surface area contributed by atoms with Crippen LogP contribution in [0.4, 0.5) is 0 Å². The molecule has 0 N–H and O–H groups in total. The van der Waals surface area contributed by atoms with Crippen LogP contribution in [0.15, 0.2) is 48.7 Å². The quantitative estimate of drug-likeness (QED) is 0.618. The summed E-state index contributed by atoms with van der Waals surface area (Å²) in [7, 11) is 1.33. The highest BCUT2D eigenvalue weighted by atomic mass is 16.5. The highest BCUT2D eigenvalue weighted by molar-refractivity contribution is 5.97. The molecular formula is C16H15NO3. The number of hydrogen-bond donors (Lipinski definition) is 0. The smallest absolute Gasteiger partial charge is 0.337 e. The van der Waals surface area contributed by atoms with Crippen molar-refractivity contribution < 1.29 is 14.3 Å². The van der Waals surface area contributed by atoms with Gasteiger partial charge in [0, 0.05) is 23.9 Å². The van der Waals surface area contributed by atoms with Crippen LogP contribution in [0.3, 0.4) is 0 Å². The van der Waals surface area contributed by atoms with Crippen molar-refractivity contribution in [3.8, 4) is 0 Å². The number of carbonyl (C=O) groups excluding carboxylic acids is 2. The number of hydrogen-bond acceptors (Lipinski definition) is 4. The third-order valence-corrected chi connectivity index (χ3v) is 2.96. The zero-order valence-electron chi connectivity index (χ0n) is 11.2. The molecular weight excluding hydrogens is 254 g/mol. The first-order chi connectivity index (χ1) is 9.70. The van der Waals surface area contributed by atoms with Gasteiger partial charge in [-0.05, 0) is 30.7 Å². The number of methoxy groups -OCH3 is 1. The molecule has 0 atom stereocenters. The van der Waals surface area contributed by atoms with Gasteiger partial charge in [0.15, 0.2) is 5.78 Å². The minimum absolute atomic E-state index is 0.0343. The SMILES string of the molecule is COC(=O)c1ccc(C(=O)CCc2ccccn2)cc1. The number of nitrogens with zero attached hydrogens (tertiary/aromatic N) is 1. The summed E-state index contributed by atoms with van der Waals surface area (Å²) < 4.78 is 4.61. The third-order valence-electron chi connectivity index (χ3n) is 2.96. The second kappa shape index (κ2) is 6.61. The molecule has 1 heterocycles. The van der Waals surface area contributed by atoms with Crippen LogP contribution in [-0.4, -0.2) is 23.8 Å². The van der Waals surface area contributed by atoms with E-state index in [0.29, 0.717) is 24.0 Å². The molecule has 2 rings (SSSR count). The Kier molecular flexibility index (Phi) is 4.60. The van der Waals surface area contributed by atoms with E-state index in [0.717, 1.165) is 5.69 Å². The van der Waals surface area contributed by atoms with E-state index in [9.17, 15) is 9.59 Å². The average Bonchev–Trinajstić information content (AvgIpc) is 2.53. The zero-order valence-corrected chi connectivity index (χ0v) is 11.2. The lowest BCUT2D eigenvalue weighted by Gasteiger charge is -2.03. The number of ether oxygens (including phenoxy) is 1. The molecule has 1 aromatic carbocycles. The van der Waals surface area contributed by atoms with Gasteiger partial charge < -0.3 is 4.74 Å². The van der Waals surface area contributed by atoms with Gasteiger partial charge in [0.05, 0.1) is 12.7 Å². The van der Waals surface area contributed by atoms with Gasteiger partial charge in [-0.1, -0.05) is 18.2 Å². The molecule has 0 radical (unpaired) electrons. The van der Waals surface area contributed by atoms with Crippen molar-refractivity contribution in [2.75, 3.05) is 7.11 Å². The Morgan fingerprint density at radius 1 is 1.05 bits per heavy atom. The highest BCUT2D eigenvalue weighted by Crippen LogP contribution is 2.10. The van der Waals surface area contributed by atoms with Gasteiger partial charge in [0.1, 0.15) is 0 Å². The summed E-state index contributed by atoms with van der Waals surface area (Å²) in [6, 6.07) is 12.1. The molecule has 0 spiro atoms. The maximum atomic E-state index is 12.0. The minimum Gasteiger partial charge on any atom is -0.465 e. The molecule has 0 saturated heterocycles. The molecule has 0 fully saturated rings. The lowest BCUT2D eigenvalue weighted by atomic mass is 10.0. The van der Waals surface area contributed by atoms with E-state index >= 15 is 0 Å². The van der Waals surface area contributed by atoms with Crippen molar-refractivity contribution in [1.29, 1.82) is 0 Å². The third kappa shape index (κ3) is 3.51. The van der Waals surface area contributed by atoms with Crippen molar-refractivity contribution in [2.24, 2.45) is 0 Å². The van der Waals surface area contributed by atoms with Crippen LogP contribution in [0.25, 0.3) is 0 Å². The Balaban J connectivity index is 1.97. The fourth-order valence-corrected chi connectivity index (χ4v) is 1.84. The lowest BCUT2D eigenvalue weighted by Crippen LogP contribution is -2.04. The molecule has 0 bridgehead atoms. The Bertz CT molecular complexity index is 591. The number of aryl methyl sites for hydroxylation is 1. The second-order valence-corrected chi connectivity index (χ2v) is 4.31. The van der Waals surface area contributed by atoms with E-state index in [-0.39, 0.29) is 5.78 Å². The normalized spacial score (nSPS) is 10.1. The number of esters is 1. The van der Waals surface area contributed by atoms with E-state index in [2.05, 4.69) is 9.72 Å². The van der Waals surface area contributed by atoms with Gasteiger partial charge in [0.25, 0.3) is 0 Å². The van der Waals surface area contributed by atoms with Crippen LogP contribution < -0.4 is 0 Å². The van der Waals surface area contributed by atoms with E-state index in [1.54, 1.807) is 30.5 Å². The topological polar surface area (TPSA) is 56.3 Å². The molecule has 0 aliphatic carbocycles. The number of pyridine rings is 1. The first-order valence-corrected chi connectivity index (χ1v) is 6.32. The van der Waals surface area contributed by atoms with Gasteiger partial charge in [0.2, 0.25) is 0 Å². The maximum Gasteiger partial charge on any atom is 0.337 e. The Hall–Kier alpha value is -2.49. The summed E-state index contributed by atoms with van der Waals surface area (Å²) in [6.45, 7) is 0. The summed E-state index contributed by atoms with van der Waals surface area (Å²) in [5.41, 5.74) is 1.93. The molecule has 102 valence electrons. The van der Waals surface area contributed by atoms with Crippen LogP contribution >= 0.6 is 0 Å². The maximum absolute atomic E-state index is 12.0. The molecule has 0 amide bonds. The molecule has 4 nitrogen and oxygen atoms in total. The molecule has 20 heavy (non-hydrogen) atoms. The van der Waals surface area contributed by atoms with Gasteiger partial charge >= 0.3 is 5.97 Å². The molecule has 1 aromatic heterocycles. The number of carbonyl (C=O) groups is 2. The number of Topliss-reactive ketones (excluding diaryl/α,β-unsaturated/α-hetero) is 1. The number of rotatable bonds is 5. The van der Waals surface area contributed by atoms with E-state index in [1.807, 2.05) is 18.2 Å². The van der Waals surface area contributed by atoms with Crippen LogP contribution in [-0.2, 0) is 11.2 Å². The summed E-state index contributed by atoms with van der Waals surface area (Å²) in [4.78, 5) is 27.5. The summed E-state index contributed by atoms with van der Waals surface area (Å²) in [5.74, 6) is -0.371. The second-order valence-electron chi connectivity index (χ2n) is 4.31. The zero-order chi connectivity index (χ0) is 14.4. The Labute approximate surface area is 117 Å². The fraction of sp³-hybridized carbons (Fsp3) is 0.188. The standard InChI is InChI=1S/C16H15NO3/c1-20-16(19)13-7-5-12(6-8-13)15(18)10-9-14-4-2-3-11-17-14/h2-8,11H,9-10H2,1H3.